The molecule has 2 atom stereocenters. The zero-order valence-electron chi connectivity index (χ0n) is 42.0. The Morgan fingerprint density at radius 1 is 0.693 bits per heavy atom. The van der Waals surface area contributed by atoms with Crippen molar-refractivity contribution in [1.29, 1.82) is 0 Å². The van der Waals surface area contributed by atoms with E-state index in [2.05, 4.69) is 48.6 Å². The van der Waals surface area contributed by atoms with E-state index in [-0.39, 0.29) is 30.7 Å². The van der Waals surface area contributed by atoms with Crippen LogP contribution in [0.5, 0.6) is 0 Å². The standard InChI is InChI=1S/C29H35Cl2N5O4.C24H25Cl2N5O4/c1-29(2,3)40-17-25-23(16-36(35-25)11-9-22-8-7-18-6-5-10-32-27(18)33-22)28(38)34-24(15-26(37)39-4)19-12-20(30)14-21(31)13-19;25-16-8-15(9-17(26)10-16)20(11-22(33)34)29-24(35)19-12-31(30-21(19)13-32)7-5-18-4-3-14-2-1-6-27-23(14)28-18/h7-8,12-14,16,24H,5-6,9-11,15,17H2,1-4H3,(H,32,33)(H,34,38);3-4,8-10,12,20,32H,1-2,5-7,11,13H2,(H,27,28)(H,29,35)(H,33,34). The van der Waals surface area contributed by atoms with Crippen molar-refractivity contribution in [3.05, 3.63) is 149 Å². The highest BCUT2D eigenvalue weighted by atomic mass is 35.5. The number of halogens is 4. The second-order valence-electron chi connectivity index (χ2n) is 19.1. The van der Waals surface area contributed by atoms with Crippen LogP contribution in [0, 0.1) is 0 Å². The maximum atomic E-state index is 13.6. The van der Waals surface area contributed by atoms with E-state index in [1.54, 1.807) is 52.1 Å². The highest BCUT2D eigenvalue weighted by Crippen LogP contribution is 2.29. The molecule has 0 radical (unpaired) electrons. The summed E-state index contributed by atoms with van der Waals surface area (Å²) in [6, 6.07) is 16.2. The summed E-state index contributed by atoms with van der Waals surface area (Å²) >= 11 is 24.5. The zero-order valence-corrected chi connectivity index (χ0v) is 45.0. The summed E-state index contributed by atoms with van der Waals surface area (Å²) < 4.78 is 14.1. The Morgan fingerprint density at radius 3 is 1.59 bits per heavy atom. The summed E-state index contributed by atoms with van der Waals surface area (Å²) in [5.41, 5.74) is 6.10. The molecule has 6 N–H and O–H groups in total. The SMILES string of the molecule is COC(=O)CC(NC(=O)c1cn(CCc2ccc3c(n2)NCCC3)nc1COC(C)(C)C)c1cc(Cl)cc(Cl)c1.O=C(O)CC(NC(=O)c1cn(CCc2ccc3c(n2)NCCC3)nc1CO)c1cc(Cl)cc(Cl)c1. The predicted molar refractivity (Wildman–Crippen MR) is 287 cm³/mol. The van der Waals surface area contributed by atoms with Gasteiger partial charge in [0.05, 0.1) is 62.0 Å². The number of anilines is 2. The largest absolute Gasteiger partial charge is 0.481 e. The minimum absolute atomic E-state index is 0.0983. The molecule has 0 spiro atoms. The third-order valence-corrected chi connectivity index (χ3v) is 13.1. The zero-order chi connectivity index (χ0) is 53.8. The van der Waals surface area contributed by atoms with Crippen molar-refractivity contribution in [3.63, 3.8) is 0 Å². The normalized spacial score (nSPS) is 13.7. The molecule has 6 heterocycles. The van der Waals surface area contributed by atoms with Gasteiger partial charge in [0.1, 0.15) is 23.0 Å². The molecule has 8 rings (SSSR count). The lowest BCUT2D eigenvalue weighted by atomic mass is 10.0. The number of benzene rings is 2. The molecular formula is C53H60Cl4N10O8. The van der Waals surface area contributed by atoms with Crippen LogP contribution in [-0.2, 0) is 71.0 Å². The van der Waals surface area contributed by atoms with Crippen LogP contribution in [0.25, 0.3) is 0 Å². The number of aliphatic hydroxyl groups excluding tert-OH is 1. The summed E-state index contributed by atoms with van der Waals surface area (Å²) in [5, 5.41) is 41.9. The van der Waals surface area contributed by atoms with E-state index >= 15 is 0 Å². The number of hydrogen-bond donors (Lipinski definition) is 6. The lowest BCUT2D eigenvalue weighted by Gasteiger charge is -2.20. The molecule has 2 amide bonds. The van der Waals surface area contributed by atoms with E-state index in [1.165, 1.54) is 24.3 Å². The average molecular weight is 1110 g/mol. The second kappa shape index (κ2) is 26.0. The van der Waals surface area contributed by atoms with Gasteiger partial charge in [-0.05, 0) is 117 Å². The van der Waals surface area contributed by atoms with Crippen molar-refractivity contribution in [2.75, 3.05) is 30.8 Å². The van der Waals surface area contributed by atoms with Crippen LogP contribution in [0.15, 0.2) is 73.1 Å². The van der Waals surface area contributed by atoms with Gasteiger partial charge in [-0.3, -0.25) is 28.5 Å². The van der Waals surface area contributed by atoms with Crippen LogP contribution in [0.1, 0.15) is 124 Å². The molecule has 2 aliphatic heterocycles. The number of methoxy groups -OCH3 is 1. The number of carbonyl (C=O) groups is 4. The van der Waals surface area contributed by atoms with Gasteiger partial charge in [-0.25, -0.2) is 9.97 Å². The quantitative estimate of drug-likeness (QED) is 0.0415. The summed E-state index contributed by atoms with van der Waals surface area (Å²) in [6.45, 7) is 8.33. The second-order valence-corrected chi connectivity index (χ2v) is 20.8. The highest BCUT2D eigenvalue weighted by Gasteiger charge is 2.27. The van der Waals surface area contributed by atoms with Gasteiger partial charge in [0.25, 0.3) is 11.8 Å². The molecule has 0 bridgehead atoms. The van der Waals surface area contributed by atoms with E-state index in [1.807, 2.05) is 32.9 Å². The molecule has 0 aliphatic carbocycles. The fourth-order valence-electron chi connectivity index (χ4n) is 8.47. The number of hydrogen-bond acceptors (Lipinski definition) is 13. The number of amides is 2. The maximum Gasteiger partial charge on any atom is 0.307 e. The number of ether oxygens (including phenoxy) is 2. The fraction of sp³-hybridized carbons (Fsp3) is 0.396. The minimum atomic E-state index is -1.10. The van der Waals surface area contributed by atoms with Gasteiger partial charge in [0.15, 0.2) is 0 Å². The van der Waals surface area contributed by atoms with E-state index in [0.29, 0.717) is 68.4 Å². The minimum Gasteiger partial charge on any atom is -0.481 e. The topological polar surface area (TPSA) is 237 Å². The maximum absolute atomic E-state index is 13.6. The average Bonchev–Trinajstić information content (AvgIpc) is 4.00. The molecule has 2 unspecified atom stereocenters. The first-order valence-electron chi connectivity index (χ1n) is 24.5. The number of aliphatic hydroxyl groups is 1. The Balaban J connectivity index is 0.000000221. The predicted octanol–water partition coefficient (Wildman–Crippen LogP) is 9.16. The third kappa shape index (κ3) is 16.4. The number of aryl methyl sites for hydroxylation is 6. The van der Waals surface area contributed by atoms with Crippen LogP contribution in [0.4, 0.5) is 11.6 Å². The Kier molecular flexibility index (Phi) is 19.6. The molecule has 2 aliphatic rings. The van der Waals surface area contributed by atoms with Crippen molar-refractivity contribution in [3.8, 4) is 0 Å². The van der Waals surface area contributed by atoms with Gasteiger partial charge in [-0.1, -0.05) is 58.5 Å². The Hall–Kier alpha value is -6.28. The summed E-state index contributed by atoms with van der Waals surface area (Å²) in [7, 11) is 1.30. The van der Waals surface area contributed by atoms with E-state index in [4.69, 9.17) is 60.9 Å². The number of aliphatic carboxylic acids is 1. The molecule has 4 aromatic heterocycles. The van der Waals surface area contributed by atoms with E-state index in [9.17, 15) is 29.4 Å². The van der Waals surface area contributed by atoms with E-state index < -0.39 is 48.0 Å². The molecule has 18 nitrogen and oxygen atoms in total. The molecule has 398 valence electrons. The Morgan fingerprint density at radius 2 is 1.15 bits per heavy atom. The molecule has 2 aromatic carbocycles. The molecule has 75 heavy (non-hydrogen) atoms. The number of nitrogens with one attached hydrogen (secondary N) is 4. The first kappa shape index (κ1) is 56.4. The van der Waals surface area contributed by atoms with Crippen molar-refractivity contribution >= 4 is 81.8 Å². The number of esters is 1. The van der Waals surface area contributed by atoms with Crippen LogP contribution < -0.4 is 21.3 Å². The number of pyridine rings is 2. The van der Waals surface area contributed by atoms with Gasteiger partial charge in [-0.15, -0.1) is 0 Å². The summed E-state index contributed by atoms with van der Waals surface area (Å²) in [5.74, 6) is -0.687. The number of fused-ring (bicyclic) bond motifs is 2. The number of carbonyl (C=O) groups excluding carboxylic acids is 3. The number of rotatable bonds is 19. The number of carboxylic acid groups (broad SMARTS) is 1. The van der Waals surface area contributed by atoms with E-state index in [0.717, 1.165) is 61.8 Å². The molecular weight excluding hydrogens is 1050 g/mol. The van der Waals surface area contributed by atoms with Gasteiger partial charge >= 0.3 is 11.9 Å². The molecule has 0 saturated heterocycles. The molecule has 0 fully saturated rings. The van der Waals surface area contributed by atoms with Gasteiger partial charge in [0, 0.05) is 82.9 Å². The first-order chi connectivity index (χ1) is 35.8. The monoisotopic (exact) mass is 1100 g/mol. The van der Waals surface area contributed by atoms with Gasteiger partial charge in [0.2, 0.25) is 0 Å². The summed E-state index contributed by atoms with van der Waals surface area (Å²) in [6.07, 6.45) is 8.24. The first-order valence-corrected chi connectivity index (χ1v) is 26.0. The molecule has 0 saturated carbocycles. The van der Waals surface area contributed by atoms with Crippen LogP contribution in [0.2, 0.25) is 20.1 Å². The molecule has 6 aromatic rings. The summed E-state index contributed by atoms with van der Waals surface area (Å²) in [4.78, 5) is 59.7. The molecule has 22 heteroatoms. The Bertz CT molecular complexity index is 2970. The van der Waals surface area contributed by atoms with Crippen LogP contribution in [0.3, 0.4) is 0 Å². The van der Waals surface area contributed by atoms with Crippen molar-refractivity contribution < 1.29 is 38.9 Å². The van der Waals surface area contributed by atoms with Crippen LogP contribution in [-0.4, -0.2) is 89.3 Å². The van der Waals surface area contributed by atoms with Gasteiger partial charge in [-0.2, -0.15) is 10.2 Å². The van der Waals surface area contributed by atoms with Crippen molar-refractivity contribution in [2.24, 2.45) is 0 Å². The Labute approximate surface area is 454 Å². The lowest BCUT2D eigenvalue weighted by molar-refractivity contribution is -0.141. The number of nitrogens with zero attached hydrogens (tertiary/aromatic N) is 6. The fourth-order valence-corrected chi connectivity index (χ4v) is 9.55. The smallest absolute Gasteiger partial charge is 0.307 e. The van der Waals surface area contributed by atoms with Gasteiger partial charge < -0.3 is 41.0 Å². The number of carboxylic acids is 1. The van der Waals surface area contributed by atoms with Crippen molar-refractivity contribution in [2.45, 2.75) is 116 Å². The number of aromatic nitrogens is 6. The lowest BCUT2D eigenvalue weighted by Crippen LogP contribution is -2.31. The van der Waals surface area contributed by atoms with Crippen LogP contribution >= 0.6 is 46.4 Å². The third-order valence-electron chi connectivity index (χ3n) is 12.2. The highest BCUT2D eigenvalue weighted by molar-refractivity contribution is 6.35. The van der Waals surface area contributed by atoms with Crippen molar-refractivity contribution in [1.82, 2.24) is 40.2 Å².